The Morgan fingerprint density at radius 3 is 2.68 bits per heavy atom. The average molecular weight is 337 g/mol. The average Bonchev–Trinajstić information content (AvgIpc) is 2.32. The second kappa shape index (κ2) is 6.55. The molecule has 0 spiro atoms. The van der Waals surface area contributed by atoms with Crippen molar-refractivity contribution in [2.24, 2.45) is 0 Å². The van der Waals surface area contributed by atoms with Crippen LogP contribution in [0.2, 0.25) is 0 Å². The van der Waals surface area contributed by atoms with Crippen LogP contribution >= 0.6 is 27.7 Å². The molecule has 100 valence electrons. The summed E-state index contributed by atoms with van der Waals surface area (Å²) in [5.74, 6) is 0. The van der Waals surface area contributed by atoms with Crippen LogP contribution in [-0.4, -0.2) is 12.0 Å². The van der Waals surface area contributed by atoms with Gasteiger partial charge in [0.15, 0.2) is 0 Å². The summed E-state index contributed by atoms with van der Waals surface area (Å²) in [6.45, 7) is 4.99. The Hall–Kier alpha value is -0.840. The Bertz CT molecular complexity index is 564. The Balaban J connectivity index is 2.31. The van der Waals surface area contributed by atoms with Gasteiger partial charge in [-0.15, -0.1) is 0 Å². The third-order valence-electron chi connectivity index (χ3n) is 2.68. The first-order chi connectivity index (χ1) is 9.08. The minimum atomic E-state index is 0.854. The van der Waals surface area contributed by atoms with E-state index < -0.39 is 0 Å². The van der Waals surface area contributed by atoms with Crippen LogP contribution in [0.5, 0.6) is 0 Å². The largest absolute Gasteiger partial charge is 0.316 e. The van der Waals surface area contributed by atoms with Crippen LogP contribution < -0.4 is 5.32 Å². The fraction of sp³-hybridized carbons (Fsp3) is 0.267. The molecule has 0 saturated heterocycles. The number of nitrogens with one attached hydrogen (secondary N) is 1. The third kappa shape index (κ3) is 4.06. The van der Waals surface area contributed by atoms with E-state index in [4.69, 9.17) is 0 Å². The Morgan fingerprint density at radius 2 is 2.00 bits per heavy atom. The number of benzene rings is 1. The summed E-state index contributed by atoms with van der Waals surface area (Å²) in [6.07, 6.45) is 0. The van der Waals surface area contributed by atoms with Gasteiger partial charge in [0.2, 0.25) is 0 Å². The molecule has 4 heteroatoms. The zero-order valence-electron chi connectivity index (χ0n) is 11.3. The molecule has 0 atom stereocenters. The number of aryl methyl sites for hydroxylation is 2. The molecule has 2 aromatic rings. The fourth-order valence-electron chi connectivity index (χ4n) is 1.95. The monoisotopic (exact) mass is 336 g/mol. The zero-order valence-corrected chi connectivity index (χ0v) is 13.7. The molecule has 1 N–H and O–H groups in total. The molecule has 1 aromatic heterocycles. The lowest BCUT2D eigenvalue weighted by molar-refractivity contribution is 0.802. The van der Waals surface area contributed by atoms with Crippen LogP contribution in [0.4, 0.5) is 0 Å². The molecule has 0 aliphatic rings. The maximum atomic E-state index is 4.58. The first kappa shape index (κ1) is 14.6. The van der Waals surface area contributed by atoms with E-state index in [0.717, 1.165) is 21.7 Å². The summed E-state index contributed by atoms with van der Waals surface area (Å²) in [5.41, 5.74) is 3.60. The van der Waals surface area contributed by atoms with E-state index in [-0.39, 0.29) is 0 Å². The Labute approximate surface area is 127 Å². The van der Waals surface area contributed by atoms with Crippen LogP contribution in [0.25, 0.3) is 0 Å². The molecule has 2 rings (SSSR count). The van der Waals surface area contributed by atoms with E-state index in [1.807, 2.05) is 14.0 Å². The van der Waals surface area contributed by atoms with Crippen molar-refractivity contribution in [3.05, 3.63) is 51.6 Å². The minimum Gasteiger partial charge on any atom is -0.316 e. The zero-order chi connectivity index (χ0) is 13.8. The second-order valence-electron chi connectivity index (χ2n) is 4.51. The van der Waals surface area contributed by atoms with Gasteiger partial charge in [-0.05, 0) is 62.4 Å². The fourth-order valence-corrected chi connectivity index (χ4v) is 3.41. The lowest BCUT2D eigenvalue weighted by Crippen LogP contribution is -2.06. The molecule has 0 bridgehead atoms. The molecule has 0 fully saturated rings. The number of rotatable bonds is 4. The van der Waals surface area contributed by atoms with Crippen LogP contribution in [0.3, 0.4) is 0 Å². The first-order valence-corrected chi connectivity index (χ1v) is 7.75. The molecule has 2 nitrogen and oxygen atoms in total. The number of pyridine rings is 1. The van der Waals surface area contributed by atoms with Gasteiger partial charge in [-0.3, -0.25) is 0 Å². The molecular formula is C15H17BrN2S. The summed E-state index contributed by atoms with van der Waals surface area (Å²) in [6, 6.07) is 10.6. The molecule has 19 heavy (non-hydrogen) atoms. The van der Waals surface area contributed by atoms with E-state index in [2.05, 4.69) is 63.5 Å². The van der Waals surface area contributed by atoms with Crippen molar-refractivity contribution in [1.29, 1.82) is 0 Å². The standard InChI is InChI=1S/C15H17BrN2S/c1-10-6-11(2)18-15(7-10)19-14-5-4-13(16)8-12(14)9-17-3/h4-8,17H,9H2,1-3H3. The van der Waals surface area contributed by atoms with Crippen molar-refractivity contribution < 1.29 is 0 Å². The summed E-state index contributed by atoms with van der Waals surface area (Å²) < 4.78 is 1.11. The highest BCUT2D eigenvalue weighted by Gasteiger charge is 2.06. The van der Waals surface area contributed by atoms with Gasteiger partial charge in [0.1, 0.15) is 5.03 Å². The van der Waals surface area contributed by atoms with Gasteiger partial charge in [-0.2, -0.15) is 0 Å². The van der Waals surface area contributed by atoms with Crippen molar-refractivity contribution in [2.45, 2.75) is 30.3 Å². The number of hydrogen-bond donors (Lipinski definition) is 1. The van der Waals surface area contributed by atoms with E-state index in [1.54, 1.807) is 11.8 Å². The van der Waals surface area contributed by atoms with Crippen LogP contribution in [0.1, 0.15) is 16.8 Å². The Morgan fingerprint density at radius 1 is 1.21 bits per heavy atom. The summed E-state index contributed by atoms with van der Waals surface area (Å²) >= 11 is 5.24. The van der Waals surface area contributed by atoms with Gasteiger partial charge >= 0.3 is 0 Å². The number of hydrogen-bond acceptors (Lipinski definition) is 3. The predicted molar refractivity (Wildman–Crippen MR) is 84.7 cm³/mol. The molecule has 1 aromatic carbocycles. The van der Waals surface area contributed by atoms with Gasteiger partial charge in [-0.25, -0.2) is 4.98 Å². The molecule has 0 saturated carbocycles. The van der Waals surface area contributed by atoms with E-state index in [1.165, 1.54) is 16.0 Å². The molecule has 0 unspecified atom stereocenters. The van der Waals surface area contributed by atoms with Gasteiger partial charge in [0, 0.05) is 21.6 Å². The molecular weight excluding hydrogens is 320 g/mol. The molecule has 0 radical (unpaired) electrons. The van der Waals surface area contributed by atoms with Crippen molar-refractivity contribution in [1.82, 2.24) is 10.3 Å². The third-order valence-corrected chi connectivity index (χ3v) is 4.21. The van der Waals surface area contributed by atoms with E-state index >= 15 is 0 Å². The summed E-state index contributed by atoms with van der Waals surface area (Å²) in [7, 11) is 1.96. The molecule has 0 aliphatic carbocycles. The number of halogens is 1. The minimum absolute atomic E-state index is 0.854. The highest BCUT2D eigenvalue weighted by Crippen LogP contribution is 2.31. The van der Waals surface area contributed by atoms with Crippen molar-refractivity contribution in [3.63, 3.8) is 0 Å². The van der Waals surface area contributed by atoms with Crippen molar-refractivity contribution in [2.75, 3.05) is 7.05 Å². The lowest BCUT2D eigenvalue weighted by Gasteiger charge is -2.10. The maximum Gasteiger partial charge on any atom is 0.101 e. The van der Waals surface area contributed by atoms with Crippen molar-refractivity contribution in [3.8, 4) is 0 Å². The molecule has 0 aliphatic heterocycles. The van der Waals surface area contributed by atoms with Gasteiger partial charge in [-0.1, -0.05) is 27.7 Å². The van der Waals surface area contributed by atoms with Gasteiger partial charge in [0.05, 0.1) is 0 Å². The highest BCUT2D eigenvalue weighted by molar-refractivity contribution is 9.10. The number of nitrogens with zero attached hydrogens (tertiary/aromatic N) is 1. The predicted octanol–water partition coefficient (Wildman–Crippen LogP) is 4.33. The SMILES string of the molecule is CNCc1cc(Br)ccc1Sc1cc(C)cc(C)n1. The highest BCUT2D eigenvalue weighted by atomic mass is 79.9. The van der Waals surface area contributed by atoms with Crippen LogP contribution in [0, 0.1) is 13.8 Å². The quantitative estimate of drug-likeness (QED) is 0.899. The smallest absolute Gasteiger partial charge is 0.101 e. The summed E-state index contributed by atoms with van der Waals surface area (Å²) in [5, 5.41) is 4.26. The summed E-state index contributed by atoms with van der Waals surface area (Å²) in [4.78, 5) is 5.83. The van der Waals surface area contributed by atoms with E-state index in [0.29, 0.717) is 0 Å². The van der Waals surface area contributed by atoms with E-state index in [9.17, 15) is 0 Å². The van der Waals surface area contributed by atoms with Crippen LogP contribution in [0.15, 0.2) is 44.7 Å². The van der Waals surface area contributed by atoms with Crippen molar-refractivity contribution >= 4 is 27.7 Å². The molecule has 0 amide bonds. The Kier molecular flexibility index (Phi) is 5.02. The maximum absolute atomic E-state index is 4.58. The van der Waals surface area contributed by atoms with Gasteiger partial charge in [0.25, 0.3) is 0 Å². The molecule has 1 heterocycles. The normalized spacial score (nSPS) is 10.7. The van der Waals surface area contributed by atoms with Gasteiger partial charge < -0.3 is 5.32 Å². The topological polar surface area (TPSA) is 24.9 Å². The van der Waals surface area contributed by atoms with Crippen LogP contribution in [-0.2, 0) is 6.54 Å². The second-order valence-corrected chi connectivity index (χ2v) is 6.49. The number of aromatic nitrogens is 1. The first-order valence-electron chi connectivity index (χ1n) is 6.14. The lowest BCUT2D eigenvalue weighted by atomic mass is 10.2.